The lowest BCUT2D eigenvalue weighted by Crippen LogP contribution is -2.50. The maximum Gasteiger partial charge on any atom is 0.224 e. The molecule has 366 valence electrons. The van der Waals surface area contributed by atoms with E-state index in [1.165, 1.54) is 13.3 Å². The lowest BCUT2D eigenvalue weighted by atomic mass is 9.84. The molecule has 1 aromatic rings. The number of hydrogen-bond acceptors (Lipinski definition) is 11. The first-order chi connectivity index (χ1) is 30.4. The van der Waals surface area contributed by atoms with Crippen LogP contribution >= 0.6 is 0 Å². The highest BCUT2D eigenvalue weighted by molar-refractivity contribution is 5.97. The van der Waals surface area contributed by atoms with Gasteiger partial charge in [0.1, 0.15) is 5.78 Å². The summed E-state index contributed by atoms with van der Waals surface area (Å²) in [5.41, 5.74) is 22.8. The predicted octanol–water partition coefficient (Wildman–Crippen LogP) is 2.33. The van der Waals surface area contributed by atoms with Gasteiger partial charge in [-0.2, -0.15) is 0 Å². The maximum atomic E-state index is 14.3. The van der Waals surface area contributed by atoms with E-state index < -0.39 is 95.2 Å². The number of ketones is 4. The molecule has 19 heteroatoms. The maximum absolute atomic E-state index is 14.3. The van der Waals surface area contributed by atoms with Gasteiger partial charge in [0.05, 0.1) is 30.4 Å². The van der Waals surface area contributed by atoms with E-state index in [-0.39, 0.29) is 99.6 Å². The van der Waals surface area contributed by atoms with Crippen LogP contribution in [0.25, 0.3) is 0 Å². The van der Waals surface area contributed by atoms with Crippen LogP contribution < -0.4 is 38.9 Å². The molecule has 0 spiro atoms. The zero-order valence-electron chi connectivity index (χ0n) is 40.1. The second kappa shape index (κ2) is 29.1. The van der Waals surface area contributed by atoms with Crippen molar-refractivity contribution in [1.82, 2.24) is 25.9 Å². The van der Waals surface area contributed by atoms with Gasteiger partial charge < -0.3 is 48.7 Å². The minimum Gasteiger partial charge on any atom is -0.370 e. The zero-order valence-corrected chi connectivity index (χ0v) is 40.1. The quantitative estimate of drug-likeness (QED) is 0.0281. The number of aliphatic imine (C=N–C) groups is 1. The van der Waals surface area contributed by atoms with Gasteiger partial charge >= 0.3 is 0 Å². The van der Waals surface area contributed by atoms with E-state index in [9.17, 15) is 43.2 Å². The molecule has 5 amide bonds. The number of guanidine groups is 1. The molecule has 1 heterocycles. The Morgan fingerprint density at radius 2 is 1.28 bits per heavy atom. The molecule has 0 aliphatic carbocycles. The van der Waals surface area contributed by atoms with Gasteiger partial charge in [0, 0.05) is 74.7 Å². The molecular weight excluding hydrogens is 837 g/mol. The van der Waals surface area contributed by atoms with Crippen LogP contribution in [-0.4, -0.2) is 93.3 Å². The van der Waals surface area contributed by atoms with Crippen molar-refractivity contribution in [2.75, 3.05) is 6.54 Å². The summed E-state index contributed by atoms with van der Waals surface area (Å²) in [5.74, 6) is -9.12. The molecule has 1 unspecified atom stereocenters. The van der Waals surface area contributed by atoms with Crippen LogP contribution in [-0.2, 0) is 49.6 Å². The molecule has 0 aliphatic rings. The number of primary amides is 2. The molecule has 0 radical (unpaired) electrons. The third kappa shape index (κ3) is 22.3. The molecule has 19 nitrogen and oxygen atoms in total. The van der Waals surface area contributed by atoms with E-state index in [1.54, 1.807) is 20.0 Å². The molecule has 65 heavy (non-hydrogen) atoms. The molecular formula is C46H78N10O9. The van der Waals surface area contributed by atoms with E-state index in [0.717, 1.165) is 0 Å². The summed E-state index contributed by atoms with van der Waals surface area (Å²) in [7, 11) is 0. The van der Waals surface area contributed by atoms with E-state index in [2.05, 4.69) is 30.9 Å². The molecule has 0 aliphatic heterocycles. The Kier molecular flexibility index (Phi) is 25.8. The van der Waals surface area contributed by atoms with Crippen molar-refractivity contribution in [3.05, 3.63) is 18.2 Å². The number of hydrogen-bond donors (Lipinski definition) is 8. The highest BCUT2D eigenvalue weighted by Crippen LogP contribution is 2.24. The summed E-state index contributed by atoms with van der Waals surface area (Å²) in [6.07, 6.45) is 3.22. The summed E-state index contributed by atoms with van der Waals surface area (Å²) in [6.45, 7) is 16.2. The fourth-order valence-corrected chi connectivity index (χ4v) is 7.70. The Bertz CT molecular complexity index is 1780. The first-order valence-electron chi connectivity index (χ1n) is 22.9. The van der Waals surface area contributed by atoms with Crippen molar-refractivity contribution in [1.29, 1.82) is 0 Å². The van der Waals surface area contributed by atoms with Crippen molar-refractivity contribution in [3.63, 3.8) is 0 Å². The SMILES string of the molecule is CC[C@H](C)C(NC(=O)[C@@H](CC(=O)[C@H](CCCN=C(N)N)NC(=O)[C@H](CCC(N)=O)CC(=O)[C@H](CC(C)C)NC(=O)[C@@H](CC(C)=O)Cc1cnc[nH]1)C(C)C)C(=O)C[C@@H](CC(C)C)C(N)=O. The van der Waals surface area contributed by atoms with Crippen LogP contribution in [0.15, 0.2) is 17.5 Å². The largest absolute Gasteiger partial charge is 0.370 e. The summed E-state index contributed by atoms with van der Waals surface area (Å²) >= 11 is 0. The number of rotatable bonds is 34. The van der Waals surface area contributed by atoms with Crippen molar-refractivity contribution < 1.29 is 43.2 Å². The predicted molar refractivity (Wildman–Crippen MR) is 247 cm³/mol. The smallest absolute Gasteiger partial charge is 0.224 e. The van der Waals surface area contributed by atoms with Gasteiger partial charge in [-0.25, -0.2) is 4.98 Å². The third-order valence-corrected chi connectivity index (χ3v) is 11.6. The van der Waals surface area contributed by atoms with Crippen LogP contribution in [0.3, 0.4) is 0 Å². The fraction of sp³-hybridized carbons (Fsp3) is 0.717. The number of aromatic nitrogens is 2. The minimum atomic E-state index is -1.18. The Labute approximate surface area is 384 Å². The fourth-order valence-electron chi connectivity index (χ4n) is 7.70. The van der Waals surface area contributed by atoms with Crippen molar-refractivity contribution in [2.45, 2.75) is 157 Å². The first-order valence-corrected chi connectivity index (χ1v) is 22.9. The molecule has 0 saturated carbocycles. The Balaban J connectivity index is 3.47. The van der Waals surface area contributed by atoms with Crippen LogP contribution in [0, 0.1) is 47.3 Å². The molecule has 1 rings (SSSR count). The van der Waals surface area contributed by atoms with E-state index in [0.29, 0.717) is 18.5 Å². The number of nitrogens with one attached hydrogen (secondary N) is 4. The number of H-pyrrole nitrogens is 1. The van der Waals surface area contributed by atoms with E-state index in [4.69, 9.17) is 22.9 Å². The first kappa shape index (κ1) is 57.5. The lowest BCUT2D eigenvalue weighted by Gasteiger charge is -2.29. The molecule has 1 aromatic heterocycles. The normalized spacial score (nSPS) is 15.1. The molecule has 0 bridgehead atoms. The monoisotopic (exact) mass is 915 g/mol. The number of carbonyl (C=O) groups excluding carboxylic acids is 9. The summed E-state index contributed by atoms with van der Waals surface area (Å²) < 4.78 is 0. The number of Topliss-reactive ketones (excluding diaryl/α,β-unsaturated/α-hetero) is 4. The molecule has 12 N–H and O–H groups in total. The number of carbonyl (C=O) groups is 9. The number of nitrogens with zero attached hydrogens (tertiary/aromatic N) is 2. The van der Waals surface area contributed by atoms with Gasteiger partial charge in [-0.05, 0) is 62.7 Å². The van der Waals surface area contributed by atoms with E-state index in [1.807, 2.05) is 41.5 Å². The Morgan fingerprint density at radius 3 is 1.78 bits per heavy atom. The summed E-state index contributed by atoms with van der Waals surface area (Å²) in [4.78, 5) is 131. The van der Waals surface area contributed by atoms with Crippen molar-refractivity contribution >= 4 is 58.6 Å². The molecule has 8 atom stereocenters. The number of imidazole rings is 1. The average molecular weight is 915 g/mol. The topological polar surface area (TPSA) is 335 Å². The number of nitrogens with two attached hydrogens (primary N) is 4. The molecule has 0 aromatic carbocycles. The van der Waals surface area contributed by atoms with Crippen LogP contribution in [0.1, 0.15) is 139 Å². The average Bonchev–Trinajstić information content (AvgIpc) is 3.72. The standard InChI is InChI=1S/C46H78N10O9/c1-10-28(8)41(39(60)21-31(42(48)62)16-25(2)3)56-45(65)34(27(6)7)22-38(59)35(12-11-15-52-46(49)50)54-43(63)30(13-14-40(47)61)20-37(58)36(17-26(4)5)55-44(64)32(18-29(9)57)19-33-23-51-24-53-33/h23-28,30-32,34-36,41H,10-22H2,1-9H3,(H2,47,61)(H2,48,62)(H,51,53)(H,54,63)(H,55,64)(H,56,65)(H4,49,50,52)/t28-,30+,31+,32-,34-,35-,36-,41?/m0/s1. The van der Waals surface area contributed by atoms with Crippen molar-refractivity contribution in [3.8, 4) is 0 Å². The number of amides is 5. The third-order valence-electron chi connectivity index (χ3n) is 11.6. The highest BCUT2D eigenvalue weighted by atomic mass is 16.2. The van der Waals surface area contributed by atoms with Crippen LogP contribution in [0.2, 0.25) is 0 Å². The molecule has 0 fully saturated rings. The van der Waals surface area contributed by atoms with Crippen LogP contribution in [0.4, 0.5) is 0 Å². The van der Waals surface area contributed by atoms with Crippen LogP contribution in [0.5, 0.6) is 0 Å². The summed E-state index contributed by atoms with van der Waals surface area (Å²) in [6, 6.07) is -3.18. The zero-order chi connectivity index (χ0) is 49.6. The summed E-state index contributed by atoms with van der Waals surface area (Å²) in [5, 5.41) is 8.45. The second-order valence-corrected chi connectivity index (χ2v) is 18.7. The van der Waals surface area contributed by atoms with Gasteiger partial charge in [-0.3, -0.25) is 43.3 Å². The van der Waals surface area contributed by atoms with Gasteiger partial charge in [-0.15, -0.1) is 0 Å². The Morgan fingerprint density at radius 1 is 0.692 bits per heavy atom. The number of aromatic amines is 1. The van der Waals surface area contributed by atoms with Gasteiger partial charge in [-0.1, -0.05) is 61.8 Å². The lowest BCUT2D eigenvalue weighted by molar-refractivity contribution is -0.137. The van der Waals surface area contributed by atoms with Crippen molar-refractivity contribution in [2.24, 2.45) is 75.3 Å². The highest BCUT2D eigenvalue weighted by Gasteiger charge is 2.36. The van der Waals surface area contributed by atoms with Gasteiger partial charge in [0.15, 0.2) is 23.3 Å². The van der Waals surface area contributed by atoms with Gasteiger partial charge in [0.25, 0.3) is 0 Å². The van der Waals surface area contributed by atoms with Gasteiger partial charge in [0.2, 0.25) is 29.5 Å². The van der Waals surface area contributed by atoms with E-state index >= 15 is 0 Å². The second-order valence-electron chi connectivity index (χ2n) is 18.7. The minimum absolute atomic E-state index is 0.0442. The molecule has 0 saturated heterocycles. The Hall–Kier alpha value is -5.49.